The van der Waals surface area contributed by atoms with Crippen molar-refractivity contribution in [2.75, 3.05) is 13.2 Å². The zero-order valence-electron chi connectivity index (χ0n) is 17.7. The zero-order valence-corrected chi connectivity index (χ0v) is 18.5. The summed E-state index contributed by atoms with van der Waals surface area (Å²) in [5.41, 5.74) is 4.15. The molecule has 0 saturated carbocycles. The van der Waals surface area contributed by atoms with Gasteiger partial charge in [0.15, 0.2) is 6.61 Å². The topological polar surface area (TPSA) is 77.5 Å². The molecule has 1 amide bonds. The summed E-state index contributed by atoms with van der Waals surface area (Å²) in [4.78, 5) is 28.3. The first-order valence-electron chi connectivity index (χ1n) is 10.1. The first-order chi connectivity index (χ1) is 15.0. The van der Waals surface area contributed by atoms with E-state index in [1.165, 1.54) is 28.0 Å². The van der Waals surface area contributed by atoms with E-state index in [4.69, 9.17) is 9.47 Å². The van der Waals surface area contributed by atoms with Gasteiger partial charge in [-0.05, 0) is 43.5 Å². The summed E-state index contributed by atoms with van der Waals surface area (Å²) in [6, 6.07) is 15.8. The molecule has 3 rings (SSSR count). The Bertz CT molecular complexity index is 1010. The summed E-state index contributed by atoms with van der Waals surface area (Å²) in [6.45, 7) is 4.60. The van der Waals surface area contributed by atoms with Crippen molar-refractivity contribution in [2.24, 2.45) is 0 Å². The number of hydrogen-bond acceptors (Lipinski definition) is 6. The number of nitrogens with one attached hydrogen (secondary N) is 1. The van der Waals surface area contributed by atoms with Gasteiger partial charge in [0.1, 0.15) is 17.4 Å². The number of thiazole rings is 1. The summed E-state index contributed by atoms with van der Waals surface area (Å²) in [6.07, 6.45) is 0.760. The molecule has 0 saturated heterocycles. The molecule has 7 heteroatoms. The molecule has 0 aliphatic rings. The maximum absolute atomic E-state index is 12.0. The molecule has 0 spiro atoms. The van der Waals surface area contributed by atoms with E-state index in [0.29, 0.717) is 18.8 Å². The van der Waals surface area contributed by atoms with Crippen LogP contribution in [-0.4, -0.2) is 30.0 Å². The summed E-state index contributed by atoms with van der Waals surface area (Å²) >= 11 is 1.43. The standard InChI is InChI=1S/C24H26N2O4S/c1-17-7-9-21(10-8-17)29-15-23-26-20(16-31-23)13-24(28)30-14-22(27)25-12-11-19-6-4-3-5-18(19)2/h3-10,16H,11-15H2,1-2H3,(H,25,27). The van der Waals surface area contributed by atoms with Crippen LogP contribution in [0.1, 0.15) is 27.4 Å². The molecular weight excluding hydrogens is 412 g/mol. The molecule has 1 aromatic heterocycles. The van der Waals surface area contributed by atoms with Crippen molar-refractivity contribution in [3.8, 4) is 5.75 Å². The average Bonchev–Trinajstić information content (AvgIpc) is 3.20. The largest absolute Gasteiger partial charge is 0.486 e. The molecule has 3 aromatic rings. The second-order valence-electron chi connectivity index (χ2n) is 7.20. The number of carbonyl (C=O) groups is 2. The number of benzene rings is 2. The Hall–Kier alpha value is -3.19. The SMILES string of the molecule is Cc1ccc(OCc2nc(CC(=O)OCC(=O)NCCc3ccccc3C)cs2)cc1. The lowest BCUT2D eigenvalue weighted by Crippen LogP contribution is -2.30. The van der Waals surface area contributed by atoms with Gasteiger partial charge in [0.2, 0.25) is 0 Å². The number of carbonyl (C=O) groups excluding carboxylic acids is 2. The van der Waals surface area contributed by atoms with Crippen LogP contribution in [0, 0.1) is 13.8 Å². The van der Waals surface area contributed by atoms with Crippen molar-refractivity contribution >= 4 is 23.2 Å². The third-order valence-electron chi connectivity index (χ3n) is 4.65. The Kier molecular flexibility index (Phi) is 8.18. The minimum absolute atomic E-state index is 0.0253. The van der Waals surface area contributed by atoms with Crippen LogP contribution in [-0.2, 0) is 33.8 Å². The molecule has 2 aromatic carbocycles. The molecule has 0 bridgehead atoms. The smallest absolute Gasteiger partial charge is 0.312 e. The summed E-state index contributed by atoms with van der Waals surface area (Å²) in [5, 5.41) is 5.35. The average molecular weight is 439 g/mol. The van der Waals surface area contributed by atoms with Gasteiger partial charge < -0.3 is 14.8 Å². The molecule has 6 nitrogen and oxygen atoms in total. The number of esters is 1. The number of nitrogens with zero attached hydrogens (tertiary/aromatic N) is 1. The number of aromatic nitrogens is 1. The lowest BCUT2D eigenvalue weighted by molar-refractivity contribution is -0.147. The van der Waals surface area contributed by atoms with Crippen LogP contribution in [0.3, 0.4) is 0 Å². The van der Waals surface area contributed by atoms with Gasteiger partial charge in [-0.3, -0.25) is 9.59 Å². The van der Waals surface area contributed by atoms with Crippen molar-refractivity contribution in [2.45, 2.75) is 33.3 Å². The van der Waals surface area contributed by atoms with Crippen LogP contribution in [0.4, 0.5) is 0 Å². The van der Waals surface area contributed by atoms with Crippen LogP contribution >= 0.6 is 11.3 Å². The van der Waals surface area contributed by atoms with Crippen molar-refractivity contribution in [3.05, 3.63) is 81.3 Å². The van der Waals surface area contributed by atoms with Crippen LogP contribution in [0.25, 0.3) is 0 Å². The zero-order chi connectivity index (χ0) is 22.1. The third-order valence-corrected chi connectivity index (χ3v) is 5.52. The van der Waals surface area contributed by atoms with E-state index >= 15 is 0 Å². The maximum atomic E-state index is 12.0. The van der Waals surface area contributed by atoms with E-state index in [0.717, 1.165) is 17.2 Å². The fourth-order valence-electron chi connectivity index (χ4n) is 2.90. The molecular formula is C24H26N2O4S. The summed E-state index contributed by atoms with van der Waals surface area (Å²) in [5.74, 6) is -0.0204. The van der Waals surface area contributed by atoms with Crippen LogP contribution < -0.4 is 10.1 Å². The highest BCUT2D eigenvalue weighted by Gasteiger charge is 2.12. The van der Waals surface area contributed by atoms with Gasteiger partial charge in [0, 0.05) is 11.9 Å². The number of hydrogen-bond donors (Lipinski definition) is 1. The Morgan fingerprint density at radius 3 is 2.61 bits per heavy atom. The van der Waals surface area contributed by atoms with Crippen molar-refractivity contribution in [3.63, 3.8) is 0 Å². The Balaban J connectivity index is 1.34. The highest BCUT2D eigenvalue weighted by atomic mass is 32.1. The van der Waals surface area contributed by atoms with Gasteiger partial charge in [-0.25, -0.2) is 4.98 Å². The van der Waals surface area contributed by atoms with Gasteiger partial charge in [-0.2, -0.15) is 0 Å². The number of aryl methyl sites for hydroxylation is 2. The quantitative estimate of drug-likeness (QED) is 0.488. The van der Waals surface area contributed by atoms with Crippen LogP contribution in [0.15, 0.2) is 53.9 Å². The molecule has 1 heterocycles. The van der Waals surface area contributed by atoms with Gasteiger partial charge in [-0.15, -0.1) is 11.3 Å². The number of amides is 1. The van der Waals surface area contributed by atoms with Gasteiger partial charge >= 0.3 is 5.97 Å². The molecule has 0 atom stereocenters. The fraction of sp³-hybridized carbons (Fsp3) is 0.292. The van der Waals surface area contributed by atoms with E-state index in [-0.39, 0.29) is 18.9 Å². The molecule has 0 aliphatic heterocycles. The summed E-state index contributed by atoms with van der Waals surface area (Å²) < 4.78 is 10.8. The Morgan fingerprint density at radius 1 is 1.06 bits per heavy atom. The molecule has 0 unspecified atom stereocenters. The predicted molar refractivity (Wildman–Crippen MR) is 120 cm³/mol. The second-order valence-corrected chi connectivity index (χ2v) is 8.14. The summed E-state index contributed by atoms with van der Waals surface area (Å²) in [7, 11) is 0. The molecule has 0 radical (unpaired) electrons. The lowest BCUT2D eigenvalue weighted by Gasteiger charge is -2.08. The van der Waals surface area contributed by atoms with Gasteiger partial charge in [0.05, 0.1) is 12.1 Å². The molecule has 162 valence electrons. The lowest BCUT2D eigenvalue weighted by atomic mass is 10.1. The highest BCUT2D eigenvalue weighted by Crippen LogP contribution is 2.16. The van der Waals surface area contributed by atoms with E-state index in [9.17, 15) is 9.59 Å². The highest BCUT2D eigenvalue weighted by molar-refractivity contribution is 7.09. The second kappa shape index (κ2) is 11.3. The number of ether oxygens (including phenoxy) is 2. The molecule has 1 N–H and O–H groups in total. The minimum Gasteiger partial charge on any atom is -0.486 e. The van der Waals surface area contributed by atoms with E-state index in [2.05, 4.69) is 10.3 Å². The first-order valence-corrected chi connectivity index (χ1v) is 11.0. The van der Waals surface area contributed by atoms with Crippen LogP contribution in [0.5, 0.6) is 5.75 Å². The molecule has 31 heavy (non-hydrogen) atoms. The monoisotopic (exact) mass is 438 g/mol. The first kappa shape index (κ1) is 22.5. The predicted octanol–water partition coefficient (Wildman–Crippen LogP) is 3.78. The normalized spacial score (nSPS) is 10.5. The fourth-order valence-corrected chi connectivity index (χ4v) is 3.60. The van der Waals surface area contributed by atoms with Crippen molar-refractivity contribution in [1.29, 1.82) is 0 Å². The Morgan fingerprint density at radius 2 is 1.84 bits per heavy atom. The molecule has 0 aliphatic carbocycles. The number of rotatable bonds is 10. The van der Waals surface area contributed by atoms with Gasteiger partial charge in [-0.1, -0.05) is 42.0 Å². The van der Waals surface area contributed by atoms with Crippen LogP contribution in [0.2, 0.25) is 0 Å². The van der Waals surface area contributed by atoms with E-state index in [1.807, 2.05) is 62.4 Å². The van der Waals surface area contributed by atoms with E-state index < -0.39 is 5.97 Å². The molecule has 0 fully saturated rings. The maximum Gasteiger partial charge on any atom is 0.312 e. The van der Waals surface area contributed by atoms with Crippen molar-refractivity contribution < 1.29 is 19.1 Å². The van der Waals surface area contributed by atoms with Gasteiger partial charge in [0.25, 0.3) is 5.91 Å². The van der Waals surface area contributed by atoms with Crippen molar-refractivity contribution in [1.82, 2.24) is 10.3 Å². The minimum atomic E-state index is -0.481. The van der Waals surface area contributed by atoms with E-state index in [1.54, 1.807) is 5.38 Å². The Labute approximate surface area is 186 Å². The third kappa shape index (κ3) is 7.53.